The van der Waals surface area contributed by atoms with Crippen molar-refractivity contribution in [2.75, 3.05) is 20.3 Å². The smallest absolute Gasteiger partial charge is 0.0488 e. The van der Waals surface area contributed by atoms with Crippen LogP contribution in [0.2, 0.25) is 0 Å². The quantitative estimate of drug-likeness (QED) is 0.770. The molecular weight excluding hydrogens is 224 g/mol. The van der Waals surface area contributed by atoms with E-state index in [4.69, 9.17) is 4.74 Å². The van der Waals surface area contributed by atoms with Gasteiger partial charge in [-0.3, -0.25) is 4.98 Å². The van der Waals surface area contributed by atoms with Gasteiger partial charge in [0.25, 0.3) is 0 Å². The molecule has 0 radical (unpaired) electrons. The highest BCUT2D eigenvalue weighted by Crippen LogP contribution is 2.21. The molecule has 0 fully saturated rings. The number of hydrogen-bond acceptors (Lipinski definition) is 3. The fourth-order valence-electron chi connectivity index (χ4n) is 2.18. The van der Waals surface area contributed by atoms with Crippen LogP contribution in [0.15, 0.2) is 18.5 Å². The van der Waals surface area contributed by atoms with E-state index in [0.29, 0.717) is 12.0 Å². The molecule has 2 atom stereocenters. The predicted molar refractivity (Wildman–Crippen MR) is 75.7 cm³/mol. The Kier molecular flexibility index (Phi) is 6.91. The summed E-state index contributed by atoms with van der Waals surface area (Å²) in [4.78, 5) is 4.30. The molecule has 18 heavy (non-hydrogen) atoms. The van der Waals surface area contributed by atoms with Gasteiger partial charge in [-0.05, 0) is 43.4 Å². The van der Waals surface area contributed by atoms with E-state index in [-0.39, 0.29) is 0 Å². The topological polar surface area (TPSA) is 34.1 Å². The molecular formula is C15H26N2O. The van der Waals surface area contributed by atoms with E-state index in [1.54, 1.807) is 7.11 Å². The van der Waals surface area contributed by atoms with E-state index in [2.05, 4.69) is 37.1 Å². The SMILES string of the molecule is CCCNC(CC(C)COC)c1cncc(C)c1. The van der Waals surface area contributed by atoms with Crippen LogP contribution < -0.4 is 5.32 Å². The highest BCUT2D eigenvalue weighted by Gasteiger charge is 2.15. The Hall–Kier alpha value is -0.930. The van der Waals surface area contributed by atoms with Crippen LogP contribution in [0.3, 0.4) is 0 Å². The normalized spacial score (nSPS) is 14.4. The standard InChI is InChI=1S/C15H26N2O/c1-5-6-17-15(8-13(3)11-18-4)14-7-12(2)9-16-10-14/h7,9-10,13,15,17H,5-6,8,11H2,1-4H3. The number of pyridine rings is 1. The van der Waals surface area contributed by atoms with Gasteiger partial charge in [0.15, 0.2) is 0 Å². The van der Waals surface area contributed by atoms with Crippen molar-refractivity contribution in [1.82, 2.24) is 10.3 Å². The van der Waals surface area contributed by atoms with Crippen LogP contribution in [-0.2, 0) is 4.74 Å². The summed E-state index contributed by atoms with van der Waals surface area (Å²) in [5, 5.41) is 3.61. The molecule has 3 heteroatoms. The summed E-state index contributed by atoms with van der Waals surface area (Å²) in [5.41, 5.74) is 2.50. The first-order chi connectivity index (χ1) is 8.67. The Labute approximate surface area is 111 Å². The molecule has 1 heterocycles. The summed E-state index contributed by atoms with van der Waals surface area (Å²) >= 11 is 0. The number of ether oxygens (including phenoxy) is 1. The van der Waals surface area contributed by atoms with Gasteiger partial charge in [-0.2, -0.15) is 0 Å². The number of hydrogen-bond donors (Lipinski definition) is 1. The molecule has 0 amide bonds. The van der Waals surface area contributed by atoms with Crippen LogP contribution in [-0.4, -0.2) is 25.2 Å². The van der Waals surface area contributed by atoms with Crippen molar-refractivity contribution in [2.24, 2.45) is 5.92 Å². The minimum atomic E-state index is 0.377. The maximum atomic E-state index is 5.23. The largest absolute Gasteiger partial charge is 0.384 e. The number of rotatable bonds is 8. The van der Waals surface area contributed by atoms with E-state index in [0.717, 1.165) is 26.0 Å². The summed E-state index contributed by atoms with van der Waals surface area (Å²) in [6.07, 6.45) is 6.10. The van der Waals surface area contributed by atoms with Gasteiger partial charge in [-0.15, -0.1) is 0 Å². The highest BCUT2D eigenvalue weighted by atomic mass is 16.5. The molecule has 0 bridgehead atoms. The third-order valence-electron chi connectivity index (χ3n) is 3.03. The van der Waals surface area contributed by atoms with Crippen molar-refractivity contribution in [3.05, 3.63) is 29.6 Å². The van der Waals surface area contributed by atoms with Crippen molar-refractivity contribution in [3.8, 4) is 0 Å². The molecule has 0 aliphatic carbocycles. The lowest BCUT2D eigenvalue weighted by Crippen LogP contribution is -2.25. The zero-order valence-electron chi connectivity index (χ0n) is 12.1. The zero-order valence-corrected chi connectivity index (χ0v) is 12.1. The Morgan fingerprint density at radius 1 is 1.39 bits per heavy atom. The summed E-state index contributed by atoms with van der Waals surface area (Å²) in [7, 11) is 1.76. The molecule has 1 N–H and O–H groups in total. The van der Waals surface area contributed by atoms with Gasteiger partial charge in [0.1, 0.15) is 0 Å². The molecule has 0 spiro atoms. The van der Waals surface area contributed by atoms with E-state index < -0.39 is 0 Å². The van der Waals surface area contributed by atoms with Crippen LogP contribution in [0.1, 0.15) is 43.9 Å². The lowest BCUT2D eigenvalue weighted by molar-refractivity contribution is 0.149. The second-order valence-corrected chi connectivity index (χ2v) is 5.10. The predicted octanol–water partition coefficient (Wildman–Crippen LogP) is 3.10. The summed E-state index contributed by atoms with van der Waals surface area (Å²) in [5.74, 6) is 0.546. The first kappa shape index (κ1) is 15.1. The summed E-state index contributed by atoms with van der Waals surface area (Å²) < 4.78 is 5.23. The van der Waals surface area contributed by atoms with E-state index in [1.165, 1.54) is 11.1 Å². The molecule has 2 unspecified atom stereocenters. The molecule has 0 saturated heterocycles. The average molecular weight is 250 g/mol. The van der Waals surface area contributed by atoms with Gasteiger partial charge in [-0.25, -0.2) is 0 Å². The van der Waals surface area contributed by atoms with Crippen molar-refractivity contribution in [1.29, 1.82) is 0 Å². The molecule has 102 valence electrons. The lowest BCUT2D eigenvalue weighted by atomic mass is 9.96. The van der Waals surface area contributed by atoms with Gasteiger partial charge >= 0.3 is 0 Å². The monoisotopic (exact) mass is 250 g/mol. The maximum Gasteiger partial charge on any atom is 0.0488 e. The first-order valence-electron chi connectivity index (χ1n) is 6.81. The molecule has 0 saturated carbocycles. The van der Waals surface area contributed by atoms with Gasteiger partial charge in [0, 0.05) is 32.2 Å². The van der Waals surface area contributed by atoms with Crippen LogP contribution in [0, 0.1) is 12.8 Å². The maximum absolute atomic E-state index is 5.23. The minimum Gasteiger partial charge on any atom is -0.384 e. The Bertz CT molecular complexity index is 341. The minimum absolute atomic E-state index is 0.377. The van der Waals surface area contributed by atoms with Gasteiger partial charge in [0.2, 0.25) is 0 Å². The fourth-order valence-corrected chi connectivity index (χ4v) is 2.18. The fraction of sp³-hybridized carbons (Fsp3) is 0.667. The van der Waals surface area contributed by atoms with Crippen molar-refractivity contribution < 1.29 is 4.74 Å². The second kappa shape index (κ2) is 8.22. The van der Waals surface area contributed by atoms with Crippen molar-refractivity contribution >= 4 is 0 Å². The van der Waals surface area contributed by atoms with Crippen LogP contribution in [0.25, 0.3) is 0 Å². The van der Waals surface area contributed by atoms with E-state index in [1.807, 2.05) is 12.4 Å². The average Bonchev–Trinajstić information content (AvgIpc) is 2.34. The summed E-state index contributed by atoms with van der Waals surface area (Å²) in [6, 6.07) is 2.60. The zero-order chi connectivity index (χ0) is 13.4. The van der Waals surface area contributed by atoms with Gasteiger partial charge in [-0.1, -0.05) is 19.9 Å². The highest BCUT2D eigenvalue weighted by molar-refractivity contribution is 5.20. The van der Waals surface area contributed by atoms with Crippen LogP contribution in [0.5, 0.6) is 0 Å². The van der Waals surface area contributed by atoms with Crippen LogP contribution >= 0.6 is 0 Å². The molecule has 0 aliphatic rings. The Morgan fingerprint density at radius 3 is 2.78 bits per heavy atom. The van der Waals surface area contributed by atoms with Crippen LogP contribution in [0.4, 0.5) is 0 Å². The molecule has 0 aliphatic heterocycles. The first-order valence-corrected chi connectivity index (χ1v) is 6.81. The lowest BCUT2D eigenvalue weighted by Gasteiger charge is -2.22. The van der Waals surface area contributed by atoms with Crippen molar-refractivity contribution in [3.63, 3.8) is 0 Å². The number of aromatic nitrogens is 1. The number of aryl methyl sites for hydroxylation is 1. The third-order valence-corrected chi connectivity index (χ3v) is 3.03. The Morgan fingerprint density at radius 2 is 2.17 bits per heavy atom. The molecule has 0 aromatic carbocycles. The molecule has 1 aromatic heterocycles. The number of methoxy groups -OCH3 is 1. The Balaban J connectivity index is 2.70. The van der Waals surface area contributed by atoms with E-state index >= 15 is 0 Å². The van der Waals surface area contributed by atoms with Gasteiger partial charge < -0.3 is 10.1 Å². The molecule has 1 rings (SSSR count). The number of nitrogens with one attached hydrogen (secondary N) is 1. The van der Waals surface area contributed by atoms with E-state index in [9.17, 15) is 0 Å². The molecule has 3 nitrogen and oxygen atoms in total. The third kappa shape index (κ3) is 5.15. The number of nitrogens with zero attached hydrogens (tertiary/aromatic N) is 1. The summed E-state index contributed by atoms with van der Waals surface area (Å²) in [6.45, 7) is 8.36. The molecule has 1 aromatic rings. The van der Waals surface area contributed by atoms with Crippen molar-refractivity contribution in [2.45, 2.75) is 39.7 Å². The second-order valence-electron chi connectivity index (χ2n) is 5.10. The van der Waals surface area contributed by atoms with Gasteiger partial charge in [0.05, 0.1) is 0 Å².